The van der Waals surface area contributed by atoms with E-state index in [0.29, 0.717) is 17.4 Å². The van der Waals surface area contributed by atoms with Gasteiger partial charge >= 0.3 is 5.97 Å². The van der Waals surface area contributed by atoms with Gasteiger partial charge in [-0.25, -0.2) is 4.79 Å². The Bertz CT molecular complexity index is 492. The minimum atomic E-state index is -0.404. The van der Waals surface area contributed by atoms with Gasteiger partial charge in [0.15, 0.2) is 0 Å². The van der Waals surface area contributed by atoms with E-state index < -0.39 is 5.97 Å². The van der Waals surface area contributed by atoms with Crippen LogP contribution in [0.25, 0.3) is 6.08 Å². The number of benzene rings is 1. The highest BCUT2D eigenvalue weighted by atomic mass is 35.5. The molecule has 0 N–H and O–H groups in total. The van der Waals surface area contributed by atoms with Crippen LogP contribution in [-0.2, 0) is 14.3 Å². The van der Waals surface area contributed by atoms with E-state index in [1.807, 2.05) is 25.1 Å². The van der Waals surface area contributed by atoms with Gasteiger partial charge in [-0.1, -0.05) is 43.1 Å². The van der Waals surface area contributed by atoms with Gasteiger partial charge in [0.05, 0.1) is 19.8 Å². The number of halogens is 1. The molecule has 0 saturated heterocycles. The Morgan fingerprint density at radius 3 is 2.75 bits per heavy atom. The Balaban J connectivity index is 2.66. The Labute approximate surface area is 124 Å². The maximum absolute atomic E-state index is 11.5. The highest BCUT2D eigenvalue weighted by molar-refractivity contribution is 6.32. The summed E-state index contributed by atoms with van der Waals surface area (Å²) in [6.45, 7) is 2.47. The Hall–Kier alpha value is -1.74. The van der Waals surface area contributed by atoms with Gasteiger partial charge in [0.1, 0.15) is 5.76 Å². The summed E-state index contributed by atoms with van der Waals surface area (Å²) in [5, 5.41) is 0.643. The number of allylic oxidation sites excluding steroid dienone is 1. The van der Waals surface area contributed by atoms with Gasteiger partial charge in [-0.2, -0.15) is 0 Å². The molecule has 0 saturated carbocycles. The maximum atomic E-state index is 11.5. The summed E-state index contributed by atoms with van der Waals surface area (Å²) in [5.41, 5.74) is 0.858. The van der Waals surface area contributed by atoms with Gasteiger partial charge in [-0.15, -0.1) is 0 Å². The molecule has 1 aromatic rings. The summed E-state index contributed by atoms with van der Waals surface area (Å²) in [6, 6.07) is 7.43. The molecule has 0 atom stereocenters. The molecule has 4 heteroatoms. The number of rotatable bonds is 7. The normalized spacial score (nSPS) is 11.7. The largest absolute Gasteiger partial charge is 0.496 e. The van der Waals surface area contributed by atoms with Crippen molar-refractivity contribution in [2.24, 2.45) is 0 Å². The fourth-order valence-electron chi connectivity index (χ4n) is 1.43. The third-order valence-corrected chi connectivity index (χ3v) is 2.91. The molecule has 3 nitrogen and oxygen atoms in total. The van der Waals surface area contributed by atoms with Crippen LogP contribution in [0.1, 0.15) is 25.3 Å². The molecule has 0 bridgehead atoms. The minimum Gasteiger partial charge on any atom is -0.496 e. The molecule has 0 fully saturated rings. The number of methoxy groups -OCH3 is 1. The van der Waals surface area contributed by atoms with Crippen molar-refractivity contribution in [1.29, 1.82) is 0 Å². The van der Waals surface area contributed by atoms with Crippen molar-refractivity contribution in [1.82, 2.24) is 0 Å². The van der Waals surface area contributed by atoms with E-state index in [-0.39, 0.29) is 0 Å². The molecule has 0 aliphatic carbocycles. The second-order valence-corrected chi connectivity index (χ2v) is 4.53. The van der Waals surface area contributed by atoms with E-state index in [9.17, 15) is 4.79 Å². The summed E-state index contributed by atoms with van der Waals surface area (Å²) in [5.74, 6) is 0.0190. The molecule has 108 valence electrons. The van der Waals surface area contributed by atoms with Crippen molar-refractivity contribution in [3.8, 4) is 0 Å². The standard InChI is InChI=1S/C16H19ClO3/c1-3-4-11-20-16(18)12-14(19-2)10-9-13-7-5-6-8-15(13)17/h5-10,12H,3-4,11H2,1-2H3. The van der Waals surface area contributed by atoms with E-state index in [1.165, 1.54) is 13.2 Å². The van der Waals surface area contributed by atoms with Crippen molar-refractivity contribution >= 4 is 23.6 Å². The van der Waals surface area contributed by atoms with Crippen LogP contribution in [0.3, 0.4) is 0 Å². The minimum absolute atomic E-state index is 0.404. The summed E-state index contributed by atoms with van der Waals surface area (Å²) in [6.07, 6.45) is 6.64. The first kappa shape index (κ1) is 16.3. The number of hydrogen-bond donors (Lipinski definition) is 0. The Morgan fingerprint density at radius 2 is 2.10 bits per heavy atom. The van der Waals surface area contributed by atoms with Crippen molar-refractivity contribution in [3.63, 3.8) is 0 Å². The Morgan fingerprint density at radius 1 is 1.35 bits per heavy atom. The lowest BCUT2D eigenvalue weighted by atomic mass is 10.2. The third kappa shape index (κ3) is 5.93. The summed E-state index contributed by atoms with van der Waals surface area (Å²) >= 11 is 6.04. The van der Waals surface area contributed by atoms with Crippen molar-refractivity contribution in [2.45, 2.75) is 19.8 Å². The van der Waals surface area contributed by atoms with Gasteiger partial charge in [-0.3, -0.25) is 0 Å². The fraction of sp³-hybridized carbons (Fsp3) is 0.312. The summed E-state index contributed by atoms with van der Waals surface area (Å²) in [7, 11) is 1.50. The first-order chi connectivity index (χ1) is 9.67. The molecule has 0 heterocycles. The first-order valence-corrected chi connectivity index (χ1v) is 6.90. The molecule has 20 heavy (non-hydrogen) atoms. The van der Waals surface area contributed by atoms with E-state index in [4.69, 9.17) is 21.1 Å². The molecular weight excluding hydrogens is 276 g/mol. The van der Waals surface area contributed by atoms with Crippen LogP contribution in [0.15, 0.2) is 42.2 Å². The molecule has 1 rings (SSSR count). The molecule has 0 aromatic heterocycles. The predicted molar refractivity (Wildman–Crippen MR) is 81.4 cm³/mol. The van der Waals surface area contributed by atoms with Gasteiger partial charge in [0.25, 0.3) is 0 Å². The second kappa shape index (κ2) is 9.21. The van der Waals surface area contributed by atoms with Crippen molar-refractivity contribution in [3.05, 3.63) is 52.8 Å². The van der Waals surface area contributed by atoms with Crippen LogP contribution in [0.5, 0.6) is 0 Å². The van der Waals surface area contributed by atoms with Crippen LogP contribution in [0, 0.1) is 0 Å². The first-order valence-electron chi connectivity index (χ1n) is 6.52. The SMILES string of the molecule is CCCCOC(=O)C=C(C=Cc1ccccc1Cl)OC. The van der Waals surface area contributed by atoms with Gasteiger partial charge in [-0.05, 0) is 30.2 Å². The van der Waals surface area contributed by atoms with Gasteiger partial charge < -0.3 is 9.47 Å². The molecule has 0 aliphatic heterocycles. The van der Waals surface area contributed by atoms with E-state index in [1.54, 1.807) is 18.2 Å². The lowest BCUT2D eigenvalue weighted by molar-refractivity contribution is -0.138. The highest BCUT2D eigenvalue weighted by Crippen LogP contribution is 2.17. The van der Waals surface area contributed by atoms with Gasteiger partial charge in [0.2, 0.25) is 0 Å². The van der Waals surface area contributed by atoms with E-state index in [0.717, 1.165) is 18.4 Å². The van der Waals surface area contributed by atoms with E-state index in [2.05, 4.69) is 0 Å². The molecular formula is C16H19ClO3. The third-order valence-electron chi connectivity index (χ3n) is 2.57. The van der Waals surface area contributed by atoms with Crippen LogP contribution in [-0.4, -0.2) is 19.7 Å². The molecule has 0 radical (unpaired) electrons. The average Bonchev–Trinajstić information content (AvgIpc) is 2.45. The molecule has 0 unspecified atom stereocenters. The molecule has 1 aromatic carbocycles. The van der Waals surface area contributed by atoms with Gasteiger partial charge in [0, 0.05) is 5.02 Å². The van der Waals surface area contributed by atoms with Crippen molar-refractivity contribution < 1.29 is 14.3 Å². The monoisotopic (exact) mass is 294 g/mol. The zero-order valence-corrected chi connectivity index (χ0v) is 12.5. The predicted octanol–water partition coefficient (Wildman–Crippen LogP) is 4.23. The Kier molecular flexibility index (Phi) is 7.51. The molecule has 0 amide bonds. The molecule has 0 spiro atoms. The maximum Gasteiger partial charge on any atom is 0.334 e. The fourth-order valence-corrected chi connectivity index (χ4v) is 1.63. The topological polar surface area (TPSA) is 35.5 Å². The number of unbranched alkanes of at least 4 members (excludes halogenated alkanes) is 1. The number of carbonyl (C=O) groups excluding carboxylic acids is 1. The van der Waals surface area contributed by atoms with Crippen LogP contribution < -0.4 is 0 Å². The summed E-state index contributed by atoms with van der Waals surface area (Å²) in [4.78, 5) is 11.5. The zero-order valence-electron chi connectivity index (χ0n) is 11.8. The average molecular weight is 295 g/mol. The number of hydrogen-bond acceptors (Lipinski definition) is 3. The molecule has 0 aliphatic rings. The van der Waals surface area contributed by atoms with Crippen LogP contribution in [0.2, 0.25) is 5.02 Å². The van der Waals surface area contributed by atoms with Crippen LogP contribution in [0.4, 0.5) is 0 Å². The van der Waals surface area contributed by atoms with E-state index >= 15 is 0 Å². The number of esters is 1. The quantitative estimate of drug-likeness (QED) is 0.248. The highest BCUT2D eigenvalue weighted by Gasteiger charge is 2.01. The summed E-state index contributed by atoms with van der Waals surface area (Å²) < 4.78 is 10.2. The zero-order chi connectivity index (χ0) is 14.8. The lowest BCUT2D eigenvalue weighted by Gasteiger charge is -2.03. The number of carbonyl (C=O) groups is 1. The van der Waals surface area contributed by atoms with Crippen molar-refractivity contribution in [2.75, 3.05) is 13.7 Å². The second-order valence-electron chi connectivity index (χ2n) is 4.13. The number of ether oxygens (including phenoxy) is 2. The smallest absolute Gasteiger partial charge is 0.334 e. The lowest BCUT2D eigenvalue weighted by Crippen LogP contribution is -2.03. The van der Waals surface area contributed by atoms with Crippen LogP contribution >= 0.6 is 11.6 Å².